The van der Waals surface area contributed by atoms with Crippen LogP contribution in [-0.4, -0.2) is 9.97 Å². The third-order valence-corrected chi connectivity index (χ3v) is 2.36. The summed E-state index contributed by atoms with van der Waals surface area (Å²) in [6.45, 7) is 1.74. The average Bonchev–Trinajstić information content (AvgIpc) is 2.20. The van der Waals surface area contributed by atoms with Gasteiger partial charge in [0.1, 0.15) is 17.5 Å². The third-order valence-electron chi connectivity index (χ3n) is 2.07. The number of halogens is 2. The Morgan fingerprint density at radius 2 is 2.00 bits per heavy atom. The molecule has 1 aromatic carbocycles. The first kappa shape index (κ1) is 10.8. The molecule has 0 radical (unpaired) electrons. The second kappa shape index (κ2) is 4.06. The zero-order chi connectivity index (χ0) is 11.7. The maximum Gasteiger partial charge on any atom is 0.141 e. The van der Waals surface area contributed by atoms with Crippen molar-refractivity contribution in [3.05, 3.63) is 40.9 Å². The van der Waals surface area contributed by atoms with E-state index in [-0.39, 0.29) is 5.02 Å². The Labute approximate surface area is 97.1 Å². The summed E-state index contributed by atoms with van der Waals surface area (Å²) >= 11 is 5.69. The first-order valence-corrected chi connectivity index (χ1v) is 5.00. The van der Waals surface area contributed by atoms with Crippen molar-refractivity contribution in [2.75, 3.05) is 5.73 Å². The van der Waals surface area contributed by atoms with E-state index in [1.54, 1.807) is 19.1 Å². The number of rotatable bonds is 1. The van der Waals surface area contributed by atoms with Crippen molar-refractivity contribution in [2.24, 2.45) is 0 Å². The molecule has 0 atom stereocenters. The molecule has 3 nitrogen and oxygen atoms in total. The molecule has 82 valence electrons. The summed E-state index contributed by atoms with van der Waals surface area (Å²) in [7, 11) is 0. The lowest BCUT2D eigenvalue weighted by molar-refractivity contribution is 0.628. The number of hydrogen-bond acceptors (Lipinski definition) is 3. The molecule has 0 bridgehead atoms. The van der Waals surface area contributed by atoms with Gasteiger partial charge in [0.25, 0.3) is 0 Å². The topological polar surface area (TPSA) is 51.8 Å². The Hall–Kier alpha value is -1.68. The van der Waals surface area contributed by atoms with Crippen LogP contribution >= 0.6 is 11.6 Å². The number of nitrogen functional groups attached to an aromatic ring is 1. The van der Waals surface area contributed by atoms with Crippen molar-refractivity contribution in [3.63, 3.8) is 0 Å². The number of aromatic nitrogens is 2. The number of benzene rings is 1. The molecule has 1 aromatic heterocycles. The molecule has 1 heterocycles. The molecule has 0 unspecified atom stereocenters. The minimum atomic E-state index is -0.454. The van der Waals surface area contributed by atoms with Crippen LogP contribution in [-0.2, 0) is 0 Å². The summed E-state index contributed by atoms with van der Waals surface area (Å²) in [5, 5.41) is 0.0623. The molecular weight excluding hydrogens is 229 g/mol. The van der Waals surface area contributed by atoms with Crippen LogP contribution in [0, 0.1) is 12.7 Å². The highest BCUT2D eigenvalue weighted by Gasteiger charge is 2.06. The maximum atomic E-state index is 13.0. The highest BCUT2D eigenvalue weighted by atomic mass is 35.5. The van der Waals surface area contributed by atoms with Crippen molar-refractivity contribution in [1.29, 1.82) is 0 Å². The van der Waals surface area contributed by atoms with Crippen molar-refractivity contribution < 1.29 is 4.39 Å². The lowest BCUT2D eigenvalue weighted by Gasteiger charge is -2.04. The van der Waals surface area contributed by atoms with E-state index in [0.717, 1.165) is 0 Å². The first-order chi connectivity index (χ1) is 7.56. The molecule has 0 saturated heterocycles. The van der Waals surface area contributed by atoms with Gasteiger partial charge >= 0.3 is 0 Å². The summed E-state index contributed by atoms with van der Waals surface area (Å²) in [5.41, 5.74) is 6.95. The zero-order valence-corrected chi connectivity index (χ0v) is 9.29. The fraction of sp³-hybridized carbons (Fsp3) is 0.0909. The van der Waals surface area contributed by atoms with Crippen molar-refractivity contribution in [2.45, 2.75) is 6.92 Å². The Morgan fingerprint density at radius 1 is 1.25 bits per heavy atom. The standard InChI is InChI=1S/C11H9ClFN3/c1-6-15-10(5-11(14)16-6)7-2-3-9(13)8(12)4-7/h2-5H,1H3,(H2,14,15,16). The molecule has 2 N–H and O–H groups in total. The molecule has 0 spiro atoms. The van der Waals surface area contributed by atoms with E-state index < -0.39 is 5.82 Å². The molecule has 0 aliphatic carbocycles. The molecule has 0 amide bonds. The van der Waals surface area contributed by atoms with Crippen LogP contribution in [0.4, 0.5) is 10.2 Å². The van der Waals surface area contributed by atoms with E-state index in [0.29, 0.717) is 22.9 Å². The van der Waals surface area contributed by atoms with Crippen LogP contribution in [0.1, 0.15) is 5.82 Å². The van der Waals surface area contributed by atoms with Crippen LogP contribution in [0.5, 0.6) is 0 Å². The van der Waals surface area contributed by atoms with Crippen molar-refractivity contribution in [1.82, 2.24) is 9.97 Å². The number of aryl methyl sites for hydroxylation is 1. The van der Waals surface area contributed by atoms with Gasteiger partial charge in [-0.25, -0.2) is 14.4 Å². The summed E-state index contributed by atoms with van der Waals surface area (Å²) in [4.78, 5) is 8.16. The Kier molecular flexibility index (Phi) is 2.75. The van der Waals surface area contributed by atoms with Gasteiger partial charge in [0.05, 0.1) is 10.7 Å². The molecule has 5 heteroatoms. The van der Waals surface area contributed by atoms with Crippen LogP contribution in [0.15, 0.2) is 24.3 Å². The first-order valence-electron chi connectivity index (χ1n) is 4.63. The van der Waals surface area contributed by atoms with Gasteiger partial charge in [-0.3, -0.25) is 0 Å². The summed E-state index contributed by atoms with van der Waals surface area (Å²) in [5.74, 6) is 0.488. The highest BCUT2D eigenvalue weighted by molar-refractivity contribution is 6.31. The predicted octanol–water partition coefficient (Wildman–Crippen LogP) is 2.83. The van der Waals surface area contributed by atoms with E-state index in [1.807, 2.05) is 0 Å². The Balaban J connectivity index is 2.54. The van der Waals surface area contributed by atoms with Crippen LogP contribution < -0.4 is 5.73 Å². The normalized spacial score (nSPS) is 10.4. The lowest BCUT2D eigenvalue weighted by Crippen LogP contribution is -1.97. The summed E-state index contributed by atoms with van der Waals surface area (Å²) in [6, 6.07) is 6.03. The monoisotopic (exact) mass is 237 g/mol. The molecule has 16 heavy (non-hydrogen) atoms. The molecular formula is C11H9ClFN3. The van der Waals surface area contributed by atoms with Gasteiger partial charge in [0.2, 0.25) is 0 Å². The molecule has 2 aromatic rings. The molecule has 0 aliphatic heterocycles. The summed E-state index contributed by atoms with van der Waals surface area (Å²) < 4.78 is 13.0. The van der Waals surface area contributed by atoms with E-state index in [4.69, 9.17) is 17.3 Å². The SMILES string of the molecule is Cc1nc(N)cc(-c2ccc(F)c(Cl)c2)n1. The average molecular weight is 238 g/mol. The minimum Gasteiger partial charge on any atom is -0.384 e. The Morgan fingerprint density at radius 3 is 2.62 bits per heavy atom. The third kappa shape index (κ3) is 2.12. The van der Waals surface area contributed by atoms with Gasteiger partial charge in [0.15, 0.2) is 0 Å². The predicted molar refractivity (Wildman–Crippen MR) is 61.6 cm³/mol. The van der Waals surface area contributed by atoms with Gasteiger partial charge in [-0.1, -0.05) is 11.6 Å². The van der Waals surface area contributed by atoms with Crippen molar-refractivity contribution in [3.8, 4) is 11.3 Å². The van der Waals surface area contributed by atoms with Crippen LogP contribution in [0.3, 0.4) is 0 Å². The van der Waals surface area contributed by atoms with Crippen LogP contribution in [0.25, 0.3) is 11.3 Å². The van der Waals surface area contributed by atoms with Gasteiger partial charge in [-0.15, -0.1) is 0 Å². The molecule has 2 rings (SSSR count). The number of anilines is 1. The highest BCUT2D eigenvalue weighted by Crippen LogP contribution is 2.24. The second-order valence-electron chi connectivity index (χ2n) is 3.35. The van der Waals surface area contributed by atoms with E-state index in [9.17, 15) is 4.39 Å². The van der Waals surface area contributed by atoms with Gasteiger partial charge in [-0.05, 0) is 25.1 Å². The lowest BCUT2D eigenvalue weighted by atomic mass is 10.1. The van der Waals surface area contributed by atoms with Gasteiger partial charge < -0.3 is 5.73 Å². The van der Waals surface area contributed by atoms with E-state index in [2.05, 4.69) is 9.97 Å². The van der Waals surface area contributed by atoms with Gasteiger partial charge in [-0.2, -0.15) is 0 Å². The van der Waals surface area contributed by atoms with E-state index in [1.165, 1.54) is 12.1 Å². The number of hydrogen-bond donors (Lipinski definition) is 1. The molecule has 0 saturated carbocycles. The van der Waals surface area contributed by atoms with Crippen LogP contribution in [0.2, 0.25) is 5.02 Å². The van der Waals surface area contributed by atoms with Gasteiger partial charge in [0, 0.05) is 11.6 Å². The maximum absolute atomic E-state index is 13.0. The van der Waals surface area contributed by atoms with Crippen molar-refractivity contribution >= 4 is 17.4 Å². The molecule has 0 aliphatic rings. The smallest absolute Gasteiger partial charge is 0.141 e. The minimum absolute atomic E-state index is 0.0623. The largest absolute Gasteiger partial charge is 0.384 e. The summed E-state index contributed by atoms with van der Waals surface area (Å²) in [6.07, 6.45) is 0. The Bertz CT molecular complexity index is 522. The second-order valence-corrected chi connectivity index (χ2v) is 3.76. The molecule has 0 fully saturated rings. The number of nitrogens with zero attached hydrogens (tertiary/aromatic N) is 2. The number of nitrogens with two attached hydrogens (primary N) is 1. The zero-order valence-electron chi connectivity index (χ0n) is 8.54. The fourth-order valence-electron chi connectivity index (χ4n) is 1.39. The fourth-order valence-corrected chi connectivity index (χ4v) is 1.57. The van der Waals surface area contributed by atoms with E-state index >= 15 is 0 Å². The quantitative estimate of drug-likeness (QED) is 0.830.